The molecule has 14 heavy (non-hydrogen) atoms. The second kappa shape index (κ2) is 3.16. The first-order valence-corrected chi connectivity index (χ1v) is 4.87. The Hall–Kier alpha value is -1.80. The first kappa shape index (κ1) is 8.78. The summed E-state index contributed by atoms with van der Waals surface area (Å²) in [5.41, 5.74) is 7.13. The topological polar surface area (TPSA) is 67.6 Å². The minimum absolute atomic E-state index is 0.618. The van der Waals surface area contributed by atoms with Crippen molar-refractivity contribution in [3.8, 4) is 16.6 Å². The van der Waals surface area contributed by atoms with E-state index in [4.69, 9.17) is 11.0 Å². The fourth-order valence-electron chi connectivity index (χ4n) is 1.13. The van der Waals surface area contributed by atoms with Gasteiger partial charge in [-0.1, -0.05) is 0 Å². The summed E-state index contributed by atoms with van der Waals surface area (Å²) in [6.07, 6.45) is 0. The molecule has 0 spiro atoms. The van der Waals surface area contributed by atoms with Gasteiger partial charge in [0.1, 0.15) is 17.6 Å². The molecule has 0 aliphatic heterocycles. The average molecular weight is 204 g/mol. The summed E-state index contributed by atoms with van der Waals surface area (Å²) in [5.74, 6) is 0.618. The Kier molecular flexibility index (Phi) is 1.98. The van der Waals surface area contributed by atoms with Gasteiger partial charge < -0.3 is 5.73 Å². The largest absolute Gasteiger partial charge is 0.384 e. The zero-order valence-electron chi connectivity index (χ0n) is 7.56. The van der Waals surface area contributed by atoms with E-state index in [2.05, 4.69) is 11.2 Å². The Morgan fingerprint density at radius 3 is 2.86 bits per heavy atom. The lowest BCUT2D eigenvalue weighted by Crippen LogP contribution is -1.96. The predicted octanol–water partition coefficient (Wildman–Crippen LogP) is 1.60. The number of hydrogen-bond acceptors (Lipinski definition) is 4. The molecule has 2 aromatic rings. The van der Waals surface area contributed by atoms with Crippen LogP contribution in [0.5, 0.6) is 0 Å². The maximum atomic E-state index is 8.66. The van der Waals surface area contributed by atoms with Crippen LogP contribution in [0.3, 0.4) is 0 Å². The number of anilines is 1. The molecule has 0 fully saturated rings. The molecule has 2 rings (SSSR count). The third kappa shape index (κ3) is 1.36. The lowest BCUT2D eigenvalue weighted by atomic mass is 10.3. The first-order chi connectivity index (χ1) is 6.70. The smallest absolute Gasteiger partial charge is 0.121 e. The van der Waals surface area contributed by atoms with Gasteiger partial charge in [0.2, 0.25) is 0 Å². The number of hydrogen-bond donors (Lipinski definition) is 1. The molecule has 0 bridgehead atoms. The van der Waals surface area contributed by atoms with Crippen molar-refractivity contribution in [1.82, 2.24) is 9.78 Å². The van der Waals surface area contributed by atoms with Crippen molar-refractivity contribution in [2.75, 3.05) is 5.73 Å². The van der Waals surface area contributed by atoms with Gasteiger partial charge in [0.05, 0.1) is 10.4 Å². The highest BCUT2D eigenvalue weighted by Crippen LogP contribution is 2.26. The van der Waals surface area contributed by atoms with Crippen LogP contribution in [0.2, 0.25) is 0 Å². The van der Waals surface area contributed by atoms with Crippen molar-refractivity contribution in [3.05, 3.63) is 23.1 Å². The summed E-state index contributed by atoms with van der Waals surface area (Å²) >= 11 is 1.50. The van der Waals surface area contributed by atoms with Gasteiger partial charge in [0, 0.05) is 18.5 Å². The highest BCUT2D eigenvalue weighted by Gasteiger charge is 2.07. The van der Waals surface area contributed by atoms with E-state index in [1.165, 1.54) is 11.3 Å². The van der Waals surface area contributed by atoms with Gasteiger partial charge in [0.15, 0.2) is 0 Å². The summed E-state index contributed by atoms with van der Waals surface area (Å²) in [6.45, 7) is 0. The number of nitrogens with two attached hydrogens (primary N) is 1. The van der Waals surface area contributed by atoms with E-state index in [1.807, 2.05) is 6.07 Å². The Labute approximate surface area is 85.2 Å². The molecule has 70 valence electrons. The molecule has 2 aromatic heterocycles. The van der Waals surface area contributed by atoms with Crippen LogP contribution in [-0.4, -0.2) is 9.78 Å². The Bertz CT molecular complexity index is 484. The lowest BCUT2D eigenvalue weighted by Gasteiger charge is -1.89. The molecule has 0 atom stereocenters. The third-order valence-corrected chi connectivity index (χ3v) is 2.85. The molecular weight excluding hydrogens is 196 g/mol. The predicted molar refractivity (Wildman–Crippen MR) is 55.6 cm³/mol. The van der Waals surface area contributed by atoms with Gasteiger partial charge in [-0.05, 0) is 6.07 Å². The van der Waals surface area contributed by atoms with E-state index < -0.39 is 0 Å². The normalized spacial score (nSPS) is 10.0. The molecule has 2 heterocycles. The van der Waals surface area contributed by atoms with Crippen LogP contribution in [0.4, 0.5) is 5.82 Å². The van der Waals surface area contributed by atoms with Crippen LogP contribution >= 0.6 is 11.3 Å². The van der Waals surface area contributed by atoms with Crippen LogP contribution in [0.15, 0.2) is 17.5 Å². The van der Waals surface area contributed by atoms with E-state index in [9.17, 15) is 0 Å². The van der Waals surface area contributed by atoms with Gasteiger partial charge in [-0.15, -0.1) is 11.3 Å². The molecule has 4 nitrogen and oxygen atoms in total. The molecule has 5 heteroatoms. The monoisotopic (exact) mass is 204 g/mol. The van der Waals surface area contributed by atoms with Crippen LogP contribution in [0.1, 0.15) is 5.56 Å². The summed E-state index contributed by atoms with van der Waals surface area (Å²) < 4.78 is 1.61. The van der Waals surface area contributed by atoms with Crippen LogP contribution in [-0.2, 0) is 7.05 Å². The fraction of sp³-hybridized carbons (Fsp3) is 0.111. The molecular formula is C9H8N4S. The van der Waals surface area contributed by atoms with Crippen LogP contribution in [0.25, 0.3) is 10.6 Å². The highest BCUT2D eigenvalue weighted by molar-refractivity contribution is 7.13. The molecule has 2 N–H and O–H groups in total. The van der Waals surface area contributed by atoms with E-state index in [0.717, 1.165) is 10.6 Å². The Balaban J connectivity index is 2.45. The second-order valence-electron chi connectivity index (χ2n) is 2.89. The van der Waals surface area contributed by atoms with Crippen LogP contribution < -0.4 is 5.73 Å². The SMILES string of the molecule is Cn1nc(-c2cc(C#N)cs2)cc1N. The third-order valence-electron chi connectivity index (χ3n) is 1.90. The van der Waals surface area contributed by atoms with E-state index >= 15 is 0 Å². The van der Waals surface area contributed by atoms with Crippen molar-refractivity contribution in [2.45, 2.75) is 0 Å². The fourth-order valence-corrected chi connectivity index (χ4v) is 1.92. The summed E-state index contributed by atoms with van der Waals surface area (Å²) in [4.78, 5) is 0.967. The van der Waals surface area contributed by atoms with Gasteiger partial charge >= 0.3 is 0 Å². The molecule has 0 saturated heterocycles. The zero-order valence-corrected chi connectivity index (χ0v) is 8.38. The number of nitrogen functional groups attached to an aromatic ring is 1. The Morgan fingerprint density at radius 2 is 2.36 bits per heavy atom. The van der Waals surface area contributed by atoms with Crippen LogP contribution in [0, 0.1) is 11.3 Å². The molecule has 0 unspecified atom stereocenters. The molecule has 0 saturated carbocycles. The molecule has 0 radical (unpaired) electrons. The van der Waals surface area contributed by atoms with Crippen molar-refractivity contribution in [3.63, 3.8) is 0 Å². The number of nitriles is 1. The number of thiophene rings is 1. The maximum absolute atomic E-state index is 8.66. The quantitative estimate of drug-likeness (QED) is 0.767. The van der Waals surface area contributed by atoms with Crippen molar-refractivity contribution in [2.24, 2.45) is 7.05 Å². The molecule has 0 amide bonds. The molecule has 0 aliphatic rings. The first-order valence-electron chi connectivity index (χ1n) is 3.99. The van der Waals surface area contributed by atoms with Gasteiger partial charge in [-0.25, -0.2) is 0 Å². The van der Waals surface area contributed by atoms with Gasteiger partial charge in [0.25, 0.3) is 0 Å². The standard InChI is InChI=1S/C9H8N4S/c1-13-9(11)3-7(12-13)8-2-6(4-10)5-14-8/h2-3,5H,11H2,1H3. The second-order valence-corrected chi connectivity index (χ2v) is 3.80. The summed E-state index contributed by atoms with van der Waals surface area (Å²) in [7, 11) is 1.79. The van der Waals surface area contributed by atoms with Crippen molar-refractivity contribution >= 4 is 17.2 Å². The molecule has 0 aromatic carbocycles. The minimum Gasteiger partial charge on any atom is -0.384 e. The number of aryl methyl sites for hydroxylation is 1. The summed E-state index contributed by atoms with van der Waals surface area (Å²) in [5, 5.41) is 14.7. The van der Waals surface area contributed by atoms with Crippen molar-refractivity contribution < 1.29 is 0 Å². The van der Waals surface area contributed by atoms with Crippen molar-refractivity contribution in [1.29, 1.82) is 5.26 Å². The van der Waals surface area contributed by atoms with E-state index in [-0.39, 0.29) is 0 Å². The van der Waals surface area contributed by atoms with E-state index in [0.29, 0.717) is 11.4 Å². The maximum Gasteiger partial charge on any atom is 0.121 e. The minimum atomic E-state index is 0.618. The number of rotatable bonds is 1. The summed E-state index contributed by atoms with van der Waals surface area (Å²) in [6, 6.07) is 5.69. The van der Waals surface area contributed by atoms with Gasteiger partial charge in [-0.3, -0.25) is 4.68 Å². The average Bonchev–Trinajstić information content (AvgIpc) is 2.74. The van der Waals surface area contributed by atoms with E-state index in [1.54, 1.807) is 23.2 Å². The van der Waals surface area contributed by atoms with Gasteiger partial charge in [-0.2, -0.15) is 10.4 Å². The number of aromatic nitrogens is 2. The number of nitrogens with zero attached hydrogens (tertiary/aromatic N) is 3. The Morgan fingerprint density at radius 1 is 1.57 bits per heavy atom. The lowest BCUT2D eigenvalue weighted by molar-refractivity contribution is 0.783. The zero-order chi connectivity index (χ0) is 10.1. The highest BCUT2D eigenvalue weighted by atomic mass is 32.1. The molecule has 0 aliphatic carbocycles.